The van der Waals surface area contributed by atoms with Gasteiger partial charge in [-0.3, -0.25) is 4.21 Å². The maximum Gasteiger partial charge on any atom is 0.404 e. The summed E-state index contributed by atoms with van der Waals surface area (Å²) in [6.07, 6.45) is 2.28. The molecular formula is C4H11NO3S. The highest BCUT2D eigenvalue weighted by atomic mass is 32.2. The van der Waals surface area contributed by atoms with Crippen LogP contribution in [0.3, 0.4) is 0 Å². The molecule has 0 unspecified atom stereocenters. The first-order valence-corrected chi connectivity index (χ1v) is 4.13. The Morgan fingerprint density at radius 3 is 1.67 bits per heavy atom. The largest absolute Gasteiger partial charge is 0.465 e. The predicted octanol–water partition coefficient (Wildman–Crippen LogP) is -0.121. The molecule has 0 heterocycles. The van der Waals surface area contributed by atoms with Gasteiger partial charge in [0.15, 0.2) is 0 Å². The van der Waals surface area contributed by atoms with Gasteiger partial charge in [-0.05, 0) is 0 Å². The molecule has 0 fully saturated rings. The molecule has 0 aliphatic rings. The number of hydrogen-bond donors (Lipinski definition) is 2. The molecule has 2 N–H and O–H groups in total. The molecule has 0 saturated carbocycles. The van der Waals surface area contributed by atoms with Crippen LogP contribution >= 0.6 is 0 Å². The molecular weight excluding hydrogens is 142 g/mol. The summed E-state index contributed by atoms with van der Waals surface area (Å²) >= 11 is 0. The van der Waals surface area contributed by atoms with Crippen molar-refractivity contribution in [1.82, 2.24) is 5.32 Å². The predicted molar refractivity (Wildman–Crippen MR) is 37.1 cm³/mol. The molecule has 5 heteroatoms. The van der Waals surface area contributed by atoms with E-state index < -0.39 is 16.9 Å². The van der Waals surface area contributed by atoms with Gasteiger partial charge < -0.3 is 10.4 Å². The van der Waals surface area contributed by atoms with Crippen LogP contribution in [0.4, 0.5) is 4.79 Å². The molecule has 0 rings (SSSR count). The Kier molecular flexibility index (Phi) is 9.27. The molecule has 0 saturated heterocycles. The first-order valence-electron chi connectivity index (χ1n) is 2.16. The Bertz CT molecular complexity index is 100.0. The highest BCUT2D eigenvalue weighted by Gasteiger charge is 1.76. The van der Waals surface area contributed by atoms with E-state index >= 15 is 0 Å². The molecule has 0 aliphatic carbocycles. The number of carboxylic acid groups (broad SMARTS) is 1. The molecule has 0 aromatic carbocycles. The minimum Gasteiger partial charge on any atom is -0.465 e. The molecule has 0 aromatic rings. The Hall–Kier alpha value is -0.580. The standard InChI is InChI=1S/C2H5NO2.C2H6OS/c1-3-2(4)5;1-4(2)3/h3H,1H3,(H,4,5);1-2H3. The second kappa shape index (κ2) is 7.42. The van der Waals surface area contributed by atoms with E-state index in [0.717, 1.165) is 0 Å². The zero-order chi connectivity index (χ0) is 7.86. The van der Waals surface area contributed by atoms with Crippen LogP contribution < -0.4 is 5.32 Å². The van der Waals surface area contributed by atoms with E-state index in [9.17, 15) is 9.00 Å². The van der Waals surface area contributed by atoms with Gasteiger partial charge in [0.1, 0.15) is 0 Å². The third-order valence-electron chi connectivity index (χ3n) is 0.214. The molecule has 0 aliphatic heterocycles. The quantitative estimate of drug-likeness (QED) is 0.510. The Labute approximate surface area is 56.7 Å². The maximum atomic E-state index is 9.56. The lowest BCUT2D eigenvalue weighted by Gasteiger charge is -1.78. The number of hydrogen-bond acceptors (Lipinski definition) is 2. The molecule has 56 valence electrons. The van der Waals surface area contributed by atoms with Crippen molar-refractivity contribution in [1.29, 1.82) is 0 Å². The minimum absolute atomic E-state index is 0.611. The van der Waals surface area contributed by atoms with E-state index in [1.54, 1.807) is 12.5 Å². The van der Waals surface area contributed by atoms with Crippen LogP contribution in [0.5, 0.6) is 0 Å². The summed E-state index contributed by atoms with van der Waals surface area (Å²) in [5.74, 6) is 0. The zero-order valence-electron chi connectivity index (χ0n) is 5.67. The summed E-state index contributed by atoms with van der Waals surface area (Å²) in [5.41, 5.74) is 0. The first kappa shape index (κ1) is 11.2. The fraction of sp³-hybridized carbons (Fsp3) is 0.750. The molecule has 0 spiro atoms. The maximum absolute atomic E-state index is 9.56. The van der Waals surface area contributed by atoms with Crippen molar-refractivity contribution in [3.05, 3.63) is 0 Å². The summed E-state index contributed by atoms with van der Waals surface area (Å²) < 4.78 is 9.56. The summed E-state index contributed by atoms with van der Waals surface area (Å²) in [6.45, 7) is 0. The van der Waals surface area contributed by atoms with E-state index in [4.69, 9.17) is 5.11 Å². The number of nitrogens with one attached hydrogen (secondary N) is 1. The van der Waals surface area contributed by atoms with Gasteiger partial charge in [-0.25, -0.2) is 4.79 Å². The normalized spacial score (nSPS) is 7.56. The molecule has 9 heavy (non-hydrogen) atoms. The van der Waals surface area contributed by atoms with Crippen molar-refractivity contribution >= 4 is 16.9 Å². The topological polar surface area (TPSA) is 66.4 Å². The van der Waals surface area contributed by atoms with Crippen LogP contribution in [0.15, 0.2) is 0 Å². The lowest BCUT2D eigenvalue weighted by Crippen LogP contribution is -2.13. The number of carbonyl (C=O) groups is 1. The van der Waals surface area contributed by atoms with Gasteiger partial charge >= 0.3 is 6.09 Å². The SMILES string of the molecule is CNC(=O)O.CS(C)=O. The van der Waals surface area contributed by atoms with Crippen molar-refractivity contribution in [2.45, 2.75) is 0 Å². The van der Waals surface area contributed by atoms with Crippen molar-refractivity contribution in [2.24, 2.45) is 0 Å². The zero-order valence-corrected chi connectivity index (χ0v) is 6.49. The van der Waals surface area contributed by atoms with Crippen molar-refractivity contribution in [2.75, 3.05) is 19.6 Å². The average Bonchev–Trinajstić information content (AvgIpc) is 1.65. The number of amides is 1. The fourth-order valence-electron chi connectivity index (χ4n) is 0. The van der Waals surface area contributed by atoms with E-state index in [0.29, 0.717) is 0 Å². The first-order chi connectivity index (χ1) is 4.00. The van der Waals surface area contributed by atoms with Gasteiger partial charge in [0.25, 0.3) is 0 Å². The molecule has 4 nitrogen and oxygen atoms in total. The lowest BCUT2D eigenvalue weighted by molar-refractivity contribution is 0.197. The van der Waals surface area contributed by atoms with E-state index in [1.165, 1.54) is 7.05 Å². The summed E-state index contributed by atoms with van der Waals surface area (Å²) in [5, 5.41) is 9.56. The molecule has 0 atom stereocenters. The second-order valence-corrected chi connectivity index (χ2v) is 2.78. The van der Waals surface area contributed by atoms with Crippen LogP contribution in [0.2, 0.25) is 0 Å². The van der Waals surface area contributed by atoms with Crippen LogP contribution in [-0.4, -0.2) is 35.0 Å². The van der Waals surface area contributed by atoms with Gasteiger partial charge in [0, 0.05) is 30.4 Å². The van der Waals surface area contributed by atoms with E-state index in [1.807, 2.05) is 5.32 Å². The molecule has 0 aromatic heterocycles. The molecule has 0 radical (unpaired) electrons. The highest BCUT2D eigenvalue weighted by Crippen LogP contribution is 1.47. The van der Waals surface area contributed by atoms with Crippen molar-refractivity contribution < 1.29 is 14.1 Å². The summed E-state index contributed by atoms with van der Waals surface area (Å²) in [6, 6.07) is 0. The van der Waals surface area contributed by atoms with E-state index in [-0.39, 0.29) is 0 Å². The van der Waals surface area contributed by atoms with Gasteiger partial charge in [-0.15, -0.1) is 0 Å². The third kappa shape index (κ3) is 108. The fourth-order valence-corrected chi connectivity index (χ4v) is 0. The number of rotatable bonds is 0. The van der Waals surface area contributed by atoms with Crippen molar-refractivity contribution in [3.63, 3.8) is 0 Å². The monoisotopic (exact) mass is 153 g/mol. The molecule has 0 bridgehead atoms. The smallest absolute Gasteiger partial charge is 0.404 e. The van der Waals surface area contributed by atoms with Crippen LogP contribution in [0, 0.1) is 0 Å². The van der Waals surface area contributed by atoms with Gasteiger partial charge in [-0.1, -0.05) is 0 Å². The molecule has 1 amide bonds. The second-order valence-electron chi connectivity index (χ2n) is 1.30. The summed E-state index contributed by atoms with van der Waals surface area (Å²) in [4.78, 5) is 9.26. The third-order valence-corrected chi connectivity index (χ3v) is 0.214. The van der Waals surface area contributed by atoms with Gasteiger partial charge in [0.05, 0.1) is 0 Å². The van der Waals surface area contributed by atoms with Crippen LogP contribution in [0.1, 0.15) is 0 Å². The van der Waals surface area contributed by atoms with Gasteiger partial charge in [-0.2, -0.15) is 0 Å². The van der Waals surface area contributed by atoms with Crippen LogP contribution in [0.25, 0.3) is 0 Å². The van der Waals surface area contributed by atoms with Gasteiger partial charge in [0.2, 0.25) is 0 Å². The highest BCUT2D eigenvalue weighted by molar-refractivity contribution is 7.83. The Morgan fingerprint density at radius 1 is 1.56 bits per heavy atom. The Morgan fingerprint density at radius 2 is 1.67 bits per heavy atom. The van der Waals surface area contributed by atoms with Crippen molar-refractivity contribution in [3.8, 4) is 0 Å². The minimum atomic E-state index is -0.995. The Balaban J connectivity index is 0. The van der Waals surface area contributed by atoms with E-state index in [2.05, 4.69) is 0 Å². The summed E-state index contributed by atoms with van der Waals surface area (Å²) in [7, 11) is 0.738. The lowest BCUT2D eigenvalue weighted by atomic mass is 11.1. The average molecular weight is 153 g/mol. The van der Waals surface area contributed by atoms with Crippen LogP contribution in [-0.2, 0) is 10.8 Å².